The zero-order valence-corrected chi connectivity index (χ0v) is 13.1. The number of amides is 2. The number of piperazine rings is 1. The number of carbonyl (C=O) groups excluding carboxylic acids is 2. The number of hydrogen-bond acceptors (Lipinski definition) is 3. The highest BCUT2D eigenvalue weighted by Gasteiger charge is 2.49. The van der Waals surface area contributed by atoms with Crippen molar-refractivity contribution in [2.75, 3.05) is 7.11 Å². The Bertz CT molecular complexity index is 396. The Hall–Kier alpha value is -1.10. The third-order valence-corrected chi connectivity index (χ3v) is 4.48. The van der Waals surface area contributed by atoms with Crippen LogP contribution in [0, 0.1) is 5.41 Å². The summed E-state index contributed by atoms with van der Waals surface area (Å²) in [6.07, 6.45) is 2.55. The molecular weight excluding hydrogens is 256 g/mol. The predicted molar refractivity (Wildman–Crippen MR) is 76.1 cm³/mol. The molecule has 1 aliphatic heterocycles. The van der Waals surface area contributed by atoms with Crippen LogP contribution in [0.4, 0.5) is 0 Å². The quantitative estimate of drug-likeness (QED) is 0.849. The van der Waals surface area contributed by atoms with Crippen LogP contribution in [0.2, 0.25) is 0 Å². The van der Waals surface area contributed by atoms with Gasteiger partial charge in [0.25, 0.3) is 0 Å². The summed E-state index contributed by atoms with van der Waals surface area (Å²) in [7, 11) is 1.70. The molecular formula is C15H26N2O3. The molecule has 0 spiro atoms. The fourth-order valence-electron chi connectivity index (χ4n) is 3.09. The van der Waals surface area contributed by atoms with Gasteiger partial charge in [0.05, 0.1) is 6.10 Å². The largest absolute Gasteiger partial charge is 0.381 e. The number of nitrogens with one attached hydrogen (secondary N) is 1. The Morgan fingerprint density at radius 3 is 2.35 bits per heavy atom. The predicted octanol–water partition coefficient (Wildman–Crippen LogP) is 1.32. The maximum absolute atomic E-state index is 12.8. The van der Waals surface area contributed by atoms with Gasteiger partial charge in [0.2, 0.25) is 11.8 Å². The fraction of sp³-hybridized carbons (Fsp3) is 0.867. The zero-order valence-electron chi connectivity index (χ0n) is 13.1. The minimum absolute atomic E-state index is 0.0205. The number of nitrogens with zero attached hydrogens (tertiary/aromatic N) is 1. The number of hydrogen-bond donors (Lipinski definition) is 1. The highest BCUT2D eigenvalue weighted by atomic mass is 16.5. The molecule has 0 aromatic heterocycles. The molecule has 0 bridgehead atoms. The molecule has 0 radical (unpaired) electrons. The van der Waals surface area contributed by atoms with Crippen LogP contribution in [-0.2, 0) is 14.3 Å². The van der Waals surface area contributed by atoms with Gasteiger partial charge in [0, 0.05) is 13.2 Å². The van der Waals surface area contributed by atoms with E-state index in [1.54, 1.807) is 7.11 Å². The number of rotatable bonds is 3. The van der Waals surface area contributed by atoms with Gasteiger partial charge < -0.3 is 15.0 Å². The summed E-state index contributed by atoms with van der Waals surface area (Å²) in [5.41, 5.74) is -0.270. The second kappa shape index (κ2) is 5.35. The Morgan fingerprint density at radius 1 is 1.30 bits per heavy atom. The maximum Gasteiger partial charge on any atom is 0.246 e. The Labute approximate surface area is 121 Å². The zero-order chi connectivity index (χ0) is 15.1. The second-order valence-corrected chi connectivity index (χ2v) is 6.96. The number of carbonyl (C=O) groups is 2. The smallest absolute Gasteiger partial charge is 0.246 e. The van der Waals surface area contributed by atoms with Crippen LogP contribution >= 0.6 is 0 Å². The molecule has 5 heteroatoms. The van der Waals surface area contributed by atoms with Gasteiger partial charge in [0.15, 0.2) is 0 Å². The molecule has 0 aromatic carbocycles. The molecule has 2 rings (SSSR count). The molecule has 5 nitrogen and oxygen atoms in total. The molecule has 2 aliphatic rings. The first-order valence-corrected chi connectivity index (χ1v) is 7.45. The molecule has 0 aromatic rings. The molecule has 2 amide bonds. The van der Waals surface area contributed by atoms with E-state index in [1.807, 2.05) is 32.6 Å². The van der Waals surface area contributed by atoms with E-state index in [0.29, 0.717) is 6.42 Å². The van der Waals surface area contributed by atoms with E-state index in [0.717, 1.165) is 12.8 Å². The van der Waals surface area contributed by atoms with Crippen LogP contribution in [0.25, 0.3) is 0 Å². The SMILES string of the molecule is CCC1C(=O)NC(C(C)(C)C)C(=O)N1C1CC(OC)C1. The van der Waals surface area contributed by atoms with E-state index < -0.39 is 6.04 Å². The molecule has 2 unspecified atom stereocenters. The van der Waals surface area contributed by atoms with Gasteiger partial charge in [-0.2, -0.15) is 0 Å². The molecule has 1 heterocycles. The summed E-state index contributed by atoms with van der Waals surface area (Å²) in [6.45, 7) is 7.91. The standard InChI is InChI=1S/C15H26N2O3/c1-6-11-13(18)16-12(15(2,3)4)14(19)17(11)9-7-10(8-9)20-5/h9-12H,6-8H2,1-5H3,(H,16,18). The fourth-order valence-corrected chi connectivity index (χ4v) is 3.09. The summed E-state index contributed by atoms with van der Waals surface area (Å²) < 4.78 is 5.29. The summed E-state index contributed by atoms with van der Waals surface area (Å²) in [5, 5.41) is 2.90. The molecule has 1 N–H and O–H groups in total. The summed E-state index contributed by atoms with van der Waals surface area (Å²) in [5.74, 6) is 0.0383. The molecule has 1 saturated heterocycles. The summed E-state index contributed by atoms with van der Waals surface area (Å²) >= 11 is 0. The lowest BCUT2D eigenvalue weighted by atomic mass is 9.80. The monoisotopic (exact) mass is 282 g/mol. The second-order valence-electron chi connectivity index (χ2n) is 6.96. The molecule has 1 aliphatic carbocycles. The van der Waals surface area contributed by atoms with Gasteiger partial charge in [-0.15, -0.1) is 0 Å². The van der Waals surface area contributed by atoms with Crippen LogP contribution in [0.15, 0.2) is 0 Å². The van der Waals surface area contributed by atoms with Crippen LogP contribution in [0.5, 0.6) is 0 Å². The highest BCUT2D eigenvalue weighted by Crippen LogP contribution is 2.34. The normalized spacial score (nSPS) is 34.8. The van der Waals surface area contributed by atoms with Crippen molar-refractivity contribution in [1.82, 2.24) is 10.2 Å². The van der Waals surface area contributed by atoms with Gasteiger partial charge in [-0.1, -0.05) is 27.7 Å². The Balaban J connectivity index is 2.20. The topological polar surface area (TPSA) is 58.6 Å². The summed E-state index contributed by atoms with van der Waals surface area (Å²) in [6, 6.07) is -0.614. The Morgan fingerprint density at radius 2 is 1.90 bits per heavy atom. The van der Waals surface area contributed by atoms with E-state index in [4.69, 9.17) is 4.74 Å². The van der Waals surface area contributed by atoms with Crippen molar-refractivity contribution in [1.29, 1.82) is 0 Å². The number of methoxy groups -OCH3 is 1. The number of ether oxygens (including phenoxy) is 1. The molecule has 2 fully saturated rings. The van der Waals surface area contributed by atoms with Gasteiger partial charge in [-0.05, 0) is 24.7 Å². The van der Waals surface area contributed by atoms with Crippen molar-refractivity contribution in [3.8, 4) is 0 Å². The van der Waals surface area contributed by atoms with E-state index in [1.165, 1.54) is 0 Å². The van der Waals surface area contributed by atoms with Gasteiger partial charge in [-0.25, -0.2) is 0 Å². The van der Waals surface area contributed by atoms with Gasteiger partial charge in [-0.3, -0.25) is 9.59 Å². The van der Waals surface area contributed by atoms with E-state index >= 15 is 0 Å². The van der Waals surface area contributed by atoms with Crippen LogP contribution in [0.1, 0.15) is 47.0 Å². The average molecular weight is 282 g/mol. The lowest BCUT2D eigenvalue weighted by Gasteiger charge is -2.50. The van der Waals surface area contributed by atoms with Gasteiger partial charge >= 0.3 is 0 Å². The Kier molecular flexibility index (Phi) is 4.09. The van der Waals surface area contributed by atoms with E-state index in [9.17, 15) is 9.59 Å². The molecule has 1 saturated carbocycles. The lowest BCUT2D eigenvalue weighted by molar-refractivity contribution is -0.161. The van der Waals surface area contributed by atoms with Crippen LogP contribution < -0.4 is 5.32 Å². The molecule has 2 atom stereocenters. The van der Waals surface area contributed by atoms with Crippen LogP contribution in [0.3, 0.4) is 0 Å². The third-order valence-electron chi connectivity index (χ3n) is 4.48. The van der Waals surface area contributed by atoms with Crippen molar-refractivity contribution < 1.29 is 14.3 Å². The van der Waals surface area contributed by atoms with Crippen LogP contribution in [-0.4, -0.2) is 48.1 Å². The minimum atomic E-state index is -0.431. The summed E-state index contributed by atoms with van der Waals surface area (Å²) in [4.78, 5) is 26.9. The highest BCUT2D eigenvalue weighted by molar-refractivity contribution is 5.97. The first kappa shape index (κ1) is 15.3. The van der Waals surface area contributed by atoms with Crippen molar-refractivity contribution in [2.24, 2.45) is 5.41 Å². The maximum atomic E-state index is 12.8. The van der Waals surface area contributed by atoms with E-state index in [-0.39, 0.29) is 35.4 Å². The first-order chi connectivity index (χ1) is 9.29. The molecule has 114 valence electrons. The van der Waals surface area contributed by atoms with E-state index in [2.05, 4.69) is 5.32 Å². The lowest BCUT2D eigenvalue weighted by Crippen LogP contribution is -2.70. The van der Waals surface area contributed by atoms with Gasteiger partial charge in [0.1, 0.15) is 12.1 Å². The van der Waals surface area contributed by atoms with Crippen molar-refractivity contribution in [3.63, 3.8) is 0 Å². The first-order valence-electron chi connectivity index (χ1n) is 7.45. The third kappa shape index (κ3) is 2.55. The average Bonchev–Trinajstić information content (AvgIpc) is 2.30. The van der Waals surface area contributed by atoms with Crippen molar-refractivity contribution in [3.05, 3.63) is 0 Å². The minimum Gasteiger partial charge on any atom is -0.381 e. The molecule has 20 heavy (non-hydrogen) atoms. The van der Waals surface area contributed by atoms with Crippen molar-refractivity contribution in [2.45, 2.75) is 71.2 Å². The van der Waals surface area contributed by atoms with Crippen molar-refractivity contribution >= 4 is 11.8 Å².